The van der Waals surface area contributed by atoms with Gasteiger partial charge in [-0.3, -0.25) is 9.59 Å². The minimum Gasteiger partial charge on any atom is -0.366 e. The molecule has 1 saturated carbocycles. The van der Waals surface area contributed by atoms with Crippen LogP contribution in [0, 0.1) is 5.92 Å². The van der Waals surface area contributed by atoms with Crippen molar-refractivity contribution in [1.82, 2.24) is 0 Å². The maximum atomic E-state index is 12.3. The van der Waals surface area contributed by atoms with E-state index in [-0.39, 0.29) is 28.3 Å². The molecule has 0 spiro atoms. The van der Waals surface area contributed by atoms with Gasteiger partial charge in [0.05, 0.1) is 10.6 Å². The fourth-order valence-electron chi connectivity index (χ4n) is 2.63. The SMILES string of the molecule is NC(=O)c1ccc(NC(=O)[C@H]2C[C@H]2c2ccccc2Cl)cc1Cl. The summed E-state index contributed by atoms with van der Waals surface area (Å²) in [7, 11) is 0. The highest BCUT2D eigenvalue weighted by molar-refractivity contribution is 6.34. The lowest BCUT2D eigenvalue weighted by atomic mass is 10.1. The maximum absolute atomic E-state index is 12.3. The average Bonchev–Trinajstić information content (AvgIpc) is 3.28. The van der Waals surface area contributed by atoms with Crippen molar-refractivity contribution in [2.24, 2.45) is 11.7 Å². The molecule has 0 heterocycles. The zero-order chi connectivity index (χ0) is 16.6. The molecule has 0 radical (unpaired) electrons. The molecule has 4 nitrogen and oxygen atoms in total. The molecule has 118 valence electrons. The summed E-state index contributed by atoms with van der Waals surface area (Å²) in [4.78, 5) is 23.5. The predicted molar refractivity (Wildman–Crippen MR) is 90.9 cm³/mol. The third-order valence-corrected chi connectivity index (χ3v) is 4.59. The van der Waals surface area contributed by atoms with E-state index < -0.39 is 5.91 Å². The summed E-state index contributed by atoms with van der Waals surface area (Å²) in [5.74, 6) is -0.653. The van der Waals surface area contributed by atoms with E-state index in [2.05, 4.69) is 5.32 Å². The fraction of sp³-hybridized carbons (Fsp3) is 0.176. The summed E-state index contributed by atoms with van der Waals surface area (Å²) < 4.78 is 0. The molecule has 23 heavy (non-hydrogen) atoms. The number of carbonyl (C=O) groups excluding carboxylic acids is 2. The first kappa shape index (κ1) is 15.8. The standard InChI is InChI=1S/C17H14Cl2N2O2/c18-14-4-2-1-3-10(14)12-8-13(12)17(23)21-9-5-6-11(16(20)22)15(19)7-9/h1-7,12-13H,8H2,(H2,20,22)(H,21,23)/t12-,13-/m0/s1. The number of amides is 2. The van der Waals surface area contributed by atoms with Crippen LogP contribution in [0.1, 0.15) is 28.3 Å². The number of rotatable bonds is 4. The van der Waals surface area contributed by atoms with Crippen LogP contribution in [-0.2, 0) is 4.79 Å². The first-order valence-corrected chi connectivity index (χ1v) is 7.87. The molecular formula is C17H14Cl2N2O2. The van der Waals surface area contributed by atoms with Gasteiger partial charge < -0.3 is 11.1 Å². The van der Waals surface area contributed by atoms with Crippen molar-refractivity contribution in [3.05, 3.63) is 63.6 Å². The van der Waals surface area contributed by atoms with E-state index in [1.807, 2.05) is 24.3 Å². The number of benzene rings is 2. The Bertz CT molecular complexity index is 792. The lowest BCUT2D eigenvalue weighted by Crippen LogP contribution is -2.15. The second kappa shape index (κ2) is 6.22. The molecule has 6 heteroatoms. The van der Waals surface area contributed by atoms with E-state index in [9.17, 15) is 9.59 Å². The summed E-state index contributed by atoms with van der Waals surface area (Å²) in [6, 6.07) is 12.2. The molecule has 1 aliphatic carbocycles. The van der Waals surface area contributed by atoms with Crippen LogP contribution >= 0.6 is 23.2 Å². The largest absolute Gasteiger partial charge is 0.366 e. The molecule has 2 aromatic rings. The third-order valence-electron chi connectivity index (χ3n) is 3.93. The van der Waals surface area contributed by atoms with E-state index in [1.54, 1.807) is 6.07 Å². The highest BCUT2D eigenvalue weighted by atomic mass is 35.5. The molecule has 0 aliphatic heterocycles. The molecule has 0 aromatic heterocycles. The number of hydrogen-bond acceptors (Lipinski definition) is 2. The average molecular weight is 349 g/mol. The molecule has 2 amide bonds. The van der Waals surface area contributed by atoms with E-state index in [4.69, 9.17) is 28.9 Å². The van der Waals surface area contributed by atoms with Crippen molar-refractivity contribution in [1.29, 1.82) is 0 Å². The molecule has 0 unspecified atom stereocenters. The topological polar surface area (TPSA) is 72.2 Å². The quantitative estimate of drug-likeness (QED) is 0.880. The zero-order valence-corrected chi connectivity index (χ0v) is 13.6. The van der Waals surface area contributed by atoms with Crippen LogP contribution in [0.25, 0.3) is 0 Å². The highest BCUT2D eigenvalue weighted by Crippen LogP contribution is 2.50. The van der Waals surface area contributed by atoms with E-state index >= 15 is 0 Å². The van der Waals surface area contributed by atoms with Gasteiger partial charge in [0.25, 0.3) is 0 Å². The lowest BCUT2D eigenvalue weighted by Gasteiger charge is -2.08. The van der Waals surface area contributed by atoms with Gasteiger partial charge in [0.1, 0.15) is 0 Å². The van der Waals surface area contributed by atoms with Crippen molar-refractivity contribution in [3.8, 4) is 0 Å². The Morgan fingerprint density at radius 3 is 2.48 bits per heavy atom. The molecule has 3 rings (SSSR count). The summed E-state index contributed by atoms with van der Waals surface area (Å²) in [6.07, 6.45) is 0.767. The van der Waals surface area contributed by atoms with Gasteiger partial charge in [0.15, 0.2) is 0 Å². The van der Waals surface area contributed by atoms with Gasteiger partial charge in [-0.1, -0.05) is 41.4 Å². The Hall–Kier alpha value is -2.04. The second-order valence-corrected chi connectivity index (χ2v) is 6.33. The van der Waals surface area contributed by atoms with Crippen LogP contribution in [0.2, 0.25) is 10.0 Å². The number of nitrogens with one attached hydrogen (secondary N) is 1. The molecule has 1 aliphatic rings. The molecule has 1 fully saturated rings. The first-order valence-electron chi connectivity index (χ1n) is 7.12. The third kappa shape index (κ3) is 3.33. The lowest BCUT2D eigenvalue weighted by molar-refractivity contribution is -0.117. The van der Waals surface area contributed by atoms with Crippen molar-refractivity contribution < 1.29 is 9.59 Å². The molecule has 3 N–H and O–H groups in total. The second-order valence-electron chi connectivity index (χ2n) is 5.52. The van der Waals surface area contributed by atoms with Crippen molar-refractivity contribution in [2.75, 3.05) is 5.32 Å². The molecule has 0 saturated heterocycles. The van der Waals surface area contributed by atoms with Gasteiger partial charge >= 0.3 is 0 Å². The van der Waals surface area contributed by atoms with Gasteiger partial charge in [0, 0.05) is 16.6 Å². The number of hydrogen-bond donors (Lipinski definition) is 2. The van der Waals surface area contributed by atoms with Crippen molar-refractivity contribution in [2.45, 2.75) is 12.3 Å². The number of halogens is 2. The summed E-state index contributed by atoms with van der Waals surface area (Å²) >= 11 is 12.1. The smallest absolute Gasteiger partial charge is 0.250 e. The van der Waals surface area contributed by atoms with Crippen LogP contribution in [0.3, 0.4) is 0 Å². The Morgan fingerprint density at radius 1 is 1.09 bits per heavy atom. The zero-order valence-electron chi connectivity index (χ0n) is 12.1. The fourth-order valence-corrected chi connectivity index (χ4v) is 3.18. The van der Waals surface area contributed by atoms with Crippen LogP contribution in [0.4, 0.5) is 5.69 Å². The van der Waals surface area contributed by atoms with Gasteiger partial charge in [-0.2, -0.15) is 0 Å². The molecule has 2 aromatic carbocycles. The minimum absolute atomic E-state index is 0.0854. The summed E-state index contributed by atoms with van der Waals surface area (Å²) in [5, 5.41) is 3.71. The van der Waals surface area contributed by atoms with Gasteiger partial charge in [-0.15, -0.1) is 0 Å². The number of anilines is 1. The normalized spacial score (nSPS) is 19.2. The predicted octanol–water partition coefficient (Wildman–Crippen LogP) is 3.83. The number of nitrogens with two attached hydrogens (primary N) is 1. The minimum atomic E-state index is -0.603. The molecular weight excluding hydrogens is 335 g/mol. The van der Waals surface area contributed by atoms with Crippen LogP contribution in [0.15, 0.2) is 42.5 Å². The summed E-state index contributed by atoms with van der Waals surface area (Å²) in [6.45, 7) is 0. The summed E-state index contributed by atoms with van der Waals surface area (Å²) in [5.41, 5.74) is 6.96. The molecule has 0 bridgehead atoms. The van der Waals surface area contributed by atoms with E-state index in [1.165, 1.54) is 12.1 Å². The number of primary amides is 1. The van der Waals surface area contributed by atoms with Gasteiger partial charge in [0.2, 0.25) is 11.8 Å². The maximum Gasteiger partial charge on any atom is 0.250 e. The van der Waals surface area contributed by atoms with Crippen LogP contribution < -0.4 is 11.1 Å². The first-order chi connectivity index (χ1) is 11.0. The van der Waals surface area contributed by atoms with Gasteiger partial charge in [-0.05, 0) is 42.2 Å². The van der Waals surface area contributed by atoms with Crippen molar-refractivity contribution in [3.63, 3.8) is 0 Å². The van der Waals surface area contributed by atoms with Crippen molar-refractivity contribution >= 4 is 40.7 Å². The van der Waals surface area contributed by atoms with E-state index in [0.717, 1.165) is 12.0 Å². The monoisotopic (exact) mass is 348 g/mol. The van der Waals surface area contributed by atoms with Crippen LogP contribution in [0.5, 0.6) is 0 Å². The highest BCUT2D eigenvalue weighted by Gasteiger charge is 2.44. The number of carbonyl (C=O) groups is 2. The van der Waals surface area contributed by atoms with Gasteiger partial charge in [-0.25, -0.2) is 0 Å². The Kier molecular flexibility index (Phi) is 4.28. The Labute approximate surface area is 143 Å². The van der Waals surface area contributed by atoms with Crippen LogP contribution in [-0.4, -0.2) is 11.8 Å². The Morgan fingerprint density at radius 2 is 1.83 bits per heavy atom. The molecule has 2 atom stereocenters. The van der Waals surface area contributed by atoms with E-state index in [0.29, 0.717) is 10.7 Å². The Balaban J connectivity index is 1.68.